The number of hydrogen-bond donors (Lipinski definition) is 1. The zero-order valence-corrected chi connectivity index (χ0v) is 10.1. The first kappa shape index (κ1) is 18.2. The van der Waals surface area contributed by atoms with Crippen LogP contribution < -0.4 is 15.9 Å². The Hall–Kier alpha value is 0.396. The van der Waals surface area contributed by atoms with Crippen molar-refractivity contribution in [2.75, 3.05) is 0 Å². The van der Waals surface area contributed by atoms with E-state index in [0.29, 0.717) is 0 Å². The van der Waals surface area contributed by atoms with Gasteiger partial charge >= 0.3 is 23.1 Å². The van der Waals surface area contributed by atoms with Crippen molar-refractivity contribution in [1.82, 2.24) is 0 Å². The Kier molecular flexibility index (Phi) is 14.4. The number of rotatable bonds is 4. The number of hydrogen-bond acceptors (Lipinski definition) is 5. The number of carbonyl (C=O) groups is 2. The molecule has 0 amide bonds. The first-order valence-electron chi connectivity index (χ1n) is 2.70. The summed E-state index contributed by atoms with van der Waals surface area (Å²) < 4.78 is 0. The van der Waals surface area contributed by atoms with Crippen molar-refractivity contribution in [1.29, 1.82) is 0 Å². The van der Waals surface area contributed by atoms with E-state index in [1.54, 1.807) is 0 Å². The zero-order valence-electron chi connectivity index (χ0n) is 6.32. The summed E-state index contributed by atoms with van der Waals surface area (Å²) in [5.74, 6) is -2.75. The van der Waals surface area contributed by atoms with Crippen LogP contribution in [0.1, 0.15) is 12.8 Å². The summed E-state index contributed by atoms with van der Waals surface area (Å²) in [5, 5.41) is 19.6. The number of carboxylic acid groups (broad SMARTS) is 2. The van der Waals surface area contributed by atoms with Gasteiger partial charge in [-0.2, -0.15) is 0 Å². The van der Waals surface area contributed by atoms with Gasteiger partial charge in [0.1, 0.15) is 0 Å². The molecule has 0 aliphatic heterocycles. The van der Waals surface area contributed by atoms with Crippen molar-refractivity contribution in [3.05, 3.63) is 0 Å². The van der Waals surface area contributed by atoms with Crippen LogP contribution >= 0.6 is 24.0 Å². The van der Waals surface area contributed by atoms with Crippen LogP contribution in [0, 0.1) is 0 Å². The summed E-state index contributed by atoms with van der Waals surface area (Å²) in [7, 11) is 0. The van der Waals surface area contributed by atoms with Crippen molar-refractivity contribution in [3.8, 4) is 0 Å². The van der Waals surface area contributed by atoms with Crippen molar-refractivity contribution in [3.63, 3.8) is 0 Å². The van der Waals surface area contributed by atoms with Gasteiger partial charge in [0.25, 0.3) is 0 Å². The third kappa shape index (κ3) is 10.4. The van der Waals surface area contributed by atoms with Gasteiger partial charge in [0.05, 0.1) is 5.97 Å². The van der Waals surface area contributed by atoms with Gasteiger partial charge in [-0.3, -0.25) is 0 Å². The molecular weight excluding hydrogens is 289 g/mol. The van der Waals surface area contributed by atoms with E-state index < -0.39 is 18.0 Å². The maximum absolute atomic E-state index is 9.86. The monoisotopic (exact) mass is 297 g/mol. The predicted molar refractivity (Wildman–Crippen MR) is 48.4 cm³/mol. The molecule has 0 saturated carbocycles. The van der Waals surface area contributed by atoms with Crippen molar-refractivity contribution >= 4 is 59.0 Å². The summed E-state index contributed by atoms with van der Waals surface area (Å²) in [5.41, 5.74) is 4.91. The normalized spacial score (nSPS) is 10.4. The number of carboxylic acids is 2. The van der Waals surface area contributed by atoms with E-state index in [4.69, 9.17) is 5.73 Å². The Morgan fingerprint density at radius 1 is 1.33 bits per heavy atom. The molecule has 5 nitrogen and oxygen atoms in total. The molecule has 1 atom stereocenters. The Labute approximate surface area is 103 Å². The molecule has 0 radical (unpaired) electrons. The van der Waals surface area contributed by atoms with E-state index in [1.807, 2.05) is 0 Å². The molecule has 0 fully saturated rings. The fourth-order valence-electron chi connectivity index (χ4n) is 0.391. The standard InChI is InChI=1S/C5H9NO4.HI.Mg/c6-3(5(9)10)1-2-4(7)8;;/h3H,1-2,6H2,(H,7,8)(H,9,10);1H;/q;;+2/p-2. The molecule has 7 heteroatoms. The van der Waals surface area contributed by atoms with Crippen molar-refractivity contribution in [2.45, 2.75) is 18.9 Å². The fourth-order valence-corrected chi connectivity index (χ4v) is 0.391. The average Bonchev–Trinajstić information content (AvgIpc) is 1.82. The van der Waals surface area contributed by atoms with Crippen LogP contribution in [0.2, 0.25) is 0 Å². The van der Waals surface area contributed by atoms with Gasteiger partial charge in [-0.15, -0.1) is 24.0 Å². The molecule has 0 aromatic carbocycles. The second kappa shape index (κ2) is 9.48. The van der Waals surface area contributed by atoms with E-state index in [9.17, 15) is 19.8 Å². The Bertz CT molecular complexity index is 154. The summed E-state index contributed by atoms with van der Waals surface area (Å²) >= 11 is 0. The molecule has 12 heavy (non-hydrogen) atoms. The van der Waals surface area contributed by atoms with Crippen LogP contribution in [-0.4, -0.2) is 41.0 Å². The van der Waals surface area contributed by atoms with E-state index in [0.717, 1.165) is 0 Å². The van der Waals surface area contributed by atoms with Gasteiger partial charge in [0.15, 0.2) is 0 Å². The summed E-state index contributed by atoms with van der Waals surface area (Å²) in [6.07, 6.45) is -0.500. The first-order chi connectivity index (χ1) is 4.54. The first-order valence-corrected chi connectivity index (χ1v) is 2.70. The van der Waals surface area contributed by atoms with Gasteiger partial charge in [-0.05, 0) is 12.8 Å². The van der Waals surface area contributed by atoms with E-state index >= 15 is 0 Å². The molecule has 0 aromatic heterocycles. The summed E-state index contributed by atoms with van der Waals surface area (Å²) in [4.78, 5) is 19.6. The molecular formula is C5H8IMgNO4. The third-order valence-corrected chi connectivity index (χ3v) is 0.962. The Morgan fingerprint density at radius 2 is 1.75 bits per heavy atom. The third-order valence-electron chi connectivity index (χ3n) is 0.962. The number of aliphatic carboxylic acids is 2. The van der Waals surface area contributed by atoms with Gasteiger partial charge in [0.2, 0.25) is 0 Å². The second-order valence-electron chi connectivity index (χ2n) is 1.84. The van der Waals surface area contributed by atoms with Crippen LogP contribution in [-0.2, 0) is 9.59 Å². The van der Waals surface area contributed by atoms with Crippen molar-refractivity contribution < 1.29 is 19.8 Å². The molecule has 0 rings (SSSR count). The van der Waals surface area contributed by atoms with Gasteiger partial charge in [-0.1, -0.05) is 0 Å². The van der Waals surface area contributed by atoms with Crippen LogP contribution in [0.25, 0.3) is 0 Å². The quantitative estimate of drug-likeness (QED) is 0.435. The SMILES string of the molecule is I.NC(CCC(=O)[O-])C(=O)[O-].[Mg+2]. The van der Waals surface area contributed by atoms with E-state index in [2.05, 4.69) is 0 Å². The number of halogens is 1. The molecule has 66 valence electrons. The van der Waals surface area contributed by atoms with Crippen LogP contribution in [0.3, 0.4) is 0 Å². The Balaban J connectivity index is -0.000000405. The zero-order chi connectivity index (χ0) is 8.15. The molecule has 0 bridgehead atoms. The molecule has 1 unspecified atom stereocenters. The maximum Gasteiger partial charge on any atom is 2.00 e. The van der Waals surface area contributed by atoms with Crippen LogP contribution in [0.4, 0.5) is 0 Å². The second-order valence-corrected chi connectivity index (χ2v) is 1.84. The summed E-state index contributed by atoms with van der Waals surface area (Å²) in [6, 6.07) is -1.21. The molecule has 0 aliphatic carbocycles. The topological polar surface area (TPSA) is 106 Å². The van der Waals surface area contributed by atoms with Crippen LogP contribution in [0.5, 0.6) is 0 Å². The minimum absolute atomic E-state index is 0. The summed E-state index contributed by atoms with van der Waals surface area (Å²) in [6.45, 7) is 0. The average molecular weight is 297 g/mol. The molecule has 0 heterocycles. The fraction of sp³-hybridized carbons (Fsp3) is 0.600. The molecule has 0 saturated heterocycles. The number of carbonyl (C=O) groups excluding carboxylic acids is 2. The Morgan fingerprint density at radius 3 is 2.00 bits per heavy atom. The molecule has 2 N–H and O–H groups in total. The molecule has 0 aliphatic rings. The van der Waals surface area contributed by atoms with Gasteiger partial charge in [-0.25, -0.2) is 0 Å². The predicted octanol–water partition coefficient (Wildman–Crippen LogP) is -3.17. The van der Waals surface area contributed by atoms with Crippen LogP contribution in [0.15, 0.2) is 0 Å². The minimum atomic E-state index is -1.44. The largest absolute Gasteiger partial charge is 2.00 e. The molecule has 0 spiro atoms. The number of nitrogens with two attached hydrogens (primary N) is 1. The minimum Gasteiger partial charge on any atom is -0.550 e. The van der Waals surface area contributed by atoms with E-state index in [-0.39, 0.29) is 59.9 Å². The smallest absolute Gasteiger partial charge is 0.550 e. The van der Waals surface area contributed by atoms with E-state index in [1.165, 1.54) is 0 Å². The van der Waals surface area contributed by atoms with Gasteiger partial charge < -0.3 is 25.5 Å². The van der Waals surface area contributed by atoms with Gasteiger partial charge in [0, 0.05) is 12.0 Å². The van der Waals surface area contributed by atoms with Crippen molar-refractivity contribution in [2.24, 2.45) is 5.73 Å². The molecule has 0 aromatic rings. The maximum atomic E-state index is 9.86.